The number of hydrogen-bond acceptors (Lipinski definition) is 6. The summed E-state index contributed by atoms with van der Waals surface area (Å²) in [5.41, 5.74) is 1.49. The lowest BCUT2D eigenvalue weighted by Gasteiger charge is -2.20. The number of benzene rings is 1. The number of aromatic amines is 1. The second-order valence-electron chi connectivity index (χ2n) is 4.72. The van der Waals surface area contributed by atoms with Crippen LogP contribution in [0, 0.1) is 18.3 Å². The predicted molar refractivity (Wildman–Crippen MR) is 82.5 cm³/mol. The number of hydrogen-bond donors (Lipinski definition) is 1. The number of fused-ring (bicyclic) bond motifs is 1. The number of nitrogens with one attached hydrogen (secondary N) is 1. The van der Waals surface area contributed by atoms with Gasteiger partial charge in [-0.15, -0.1) is 0 Å². The number of H-pyrrole nitrogens is 1. The first-order chi connectivity index (χ1) is 10.6. The monoisotopic (exact) mass is 315 g/mol. The van der Waals surface area contributed by atoms with Crippen LogP contribution in [0.4, 0.5) is 0 Å². The molecule has 6 nitrogen and oxygen atoms in total. The maximum absolute atomic E-state index is 12.0. The molecule has 0 spiro atoms. The summed E-state index contributed by atoms with van der Waals surface area (Å²) in [7, 11) is 0. The molecule has 7 heteroatoms. The van der Waals surface area contributed by atoms with Gasteiger partial charge in [-0.3, -0.25) is 4.79 Å². The smallest absolute Gasteiger partial charge is 0.270 e. The Morgan fingerprint density at radius 1 is 1.32 bits per heavy atom. The summed E-state index contributed by atoms with van der Waals surface area (Å²) in [5.74, 6) is 1.27. The zero-order chi connectivity index (χ0) is 15.7. The zero-order valence-corrected chi connectivity index (χ0v) is 12.9. The molecule has 1 N–H and O–H groups in total. The fourth-order valence-electron chi connectivity index (χ4n) is 2.29. The van der Waals surface area contributed by atoms with E-state index in [1.807, 2.05) is 25.3 Å². The van der Waals surface area contributed by atoms with E-state index in [4.69, 9.17) is 9.47 Å². The van der Waals surface area contributed by atoms with Crippen LogP contribution < -0.4 is 15.0 Å². The van der Waals surface area contributed by atoms with Crippen LogP contribution >= 0.6 is 11.8 Å². The molecule has 0 amide bonds. The first-order valence-corrected chi connectivity index (χ1v) is 7.85. The lowest BCUT2D eigenvalue weighted by molar-refractivity contribution is 0.171. The van der Waals surface area contributed by atoms with Crippen LogP contribution in [0.2, 0.25) is 0 Å². The number of thioether (sulfide) groups is 1. The Labute approximate surface area is 131 Å². The zero-order valence-electron chi connectivity index (χ0n) is 12.1. The Morgan fingerprint density at radius 3 is 2.64 bits per heavy atom. The molecule has 0 atom stereocenters. The number of aryl methyl sites for hydroxylation is 1. The molecule has 1 aromatic heterocycles. The summed E-state index contributed by atoms with van der Waals surface area (Å²) in [4.78, 5) is 19.0. The van der Waals surface area contributed by atoms with Crippen LogP contribution in [0.3, 0.4) is 0 Å². The molecule has 2 aromatic rings. The van der Waals surface area contributed by atoms with E-state index in [1.54, 1.807) is 6.07 Å². The molecule has 2 heterocycles. The molecule has 3 rings (SSSR count). The molecule has 0 saturated carbocycles. The first kappa shape index (κ1) is 14.5. The van der Waals surface area contributed by atoms with Crippen molar-refractivity contribution < 1.29 is 9.47 Å². The highest BCUT2D eigenvalue weighted by Crippen LogP contribution is 2.37. The summed E-state index contributed by atoms with van der Waals surface area (Å²) in [6, 6.07) is 5.55. The SMILES string of the molecule is CSc1nc(-c2cc3c(cc2C)OCCO3)c(C#N)c(=O)[nH]1. The molecule has 1 aromatic carbocycles. The lowest BCUT2D eigenvalue weighted by Crippen LogP contribution is -2.17. The van der Waals surface area contributed by atoms with Gasteiger partial charge in [-0.1, -0.05) is 11.8 Å². The Balaban J connectivity index is 2.25. The standard InChI is InChI=1S/C15H13N3O3S/c1-8-5-11-12(21-4-3-20-11)6-9(8)13-10(7-16)14(19)18-15(17-13)22-2/h5-6H,3-4H2,1-2H3,(H,17,18,19). The van der Waals surface area contributed by atoms with Gasteiger partial charge in [0.25, 0.3) is 5.56 Å². The van der Waals surface area contributed by atoms with E-state index >= 15 is 0 Å². The highest BCUT2D eigenvalue weighted by atomic mass is 32.2. The molecule has 112 valence electrons. The normalized spacial score (nSPS) is 12.8. The summed E-state index contributed by atoms with van der Waals surface area (Å²) < 4.78 is 11.1. The van der Waals surface area contributed by atoms with Gasteiger partial charge in [0, 0.05) is 5.56 Å². The second-order valence-corrected chi connectivity index (χ2v) is 5.52. The number of nitrogens with zero attached hydrogens (tertiary/aromatic N) is 2. The van der Waals surface area contributed by atoms with E-state index in [0.717, 1.165) is 5.56 Å². The van der Waals surface area contributed by atoms with Gasteiger partial charge in [0.1, 0.15) is 24.8 Å². The average molecular weight is 315 g/mol. The summed E-state index contributed by atoms with van der Waals surface area (Å²) in [6.45, 7) is 2.87. The molecule has 0 fully saturated rings. The summed E-state index contributed by atoms with van der Waals surface area (Å²) in [6.07, 6.45) is 1.81. The third-order valence-corrected chi connectivity index (χ3v) is 3.93. The number of nitriles is 1. The molecule has 0 aliphatic carbocycles. The van der Waals surface area contributed by atoms with Crippen molar-refractivity contribution >= 4 is 11.8 Å². The third kappa shape index (κ3) is 2.42. The minimum atomic E-state index is -0.439. The molecule has 1 aliphatic heterocycles. The van der Waals surface area contributed by atoms with Crippen molar-refractivity contribution in [2.75, 3.05) is 19.5 Å². The largest absolute Gasteiger partial charge is 0.486 e. The van der Waals surface area contributed by atoms with E-state index < -0.39 is 5.56 Å². The molecular formula is C15H13N3O3S. The van der Waals surface area contributed by atoms with Crippen molar-refractivity contribution in [1.82, 2.24) is 9.97 Å². The maximum Gasteiger partial charge on any atom is 0.270 e. The molecule has 22 heavy (non-hydrogen) atoms. The highest BCUT2D eigenvalue weighted by Gasteiger charge is 2.19. The quantitative estimate of drug-likeness (QED) is 0.674. The predicted octanol–water partition coefficient (Wildman–Crippen LogP) is 2.11. The number of rotatable bonds is 2. The Hall–Kier alpha value is -2.46. The van der Waals surface area contributed by atoms with Gasteiger partial charge in [-0.2, -0.15) is 5.26 Å². The van der Waals surface area contributed by atoms with E-state index in [-0.39, 0.29) is 5.56 Å². The van der Waals surface area contributed by atoms with Crippen molar-refractivity contribution in [3.63, 3.8) is 0 Å². The van der Waals surface area contributed by atoms with Crippen molar-refractivity contribution in [3.8, 4) is 28.8 Å². The minimum Gasteiger partial charge on any atom is -0.486 e. The first-order valence-electron chi connectivity index (χ1n) is 6.63. The van der Waals surface area contributed by atoms with Gasteiger partial charge in [0.05, 0.1) is 5.69 Å². The van der Waals surface area contributed by atoms with Crippen molar-refractivity contribution in [3.05, 3.63) is 33.6 Å². The lowest BCUT2D eigenvalue weighted by atomic mass is 10.0. The van der Waals surface area contributed by atoms with Crippen LogP contribution in [0.25, 0.3) is 11.3 Å². The summed E-state index contributed by atoms with van der Waals surface area (Å²) >= 11 is 1.31. The van der Waals surface area contributed by atoms with Crippen molar-refractivity contribution in [2.24, 2.45) is 0 Å². The van der Waals surface area contributed by atoms with Gasteiger partial charge >= 0.3 is 0 Å². The van der Waals surface area contributed by atoms with E-state index in [2.05, 4.69) is 9.97 Å². The maximum atomic E-state index is 12.0. The van der Waals surface area contributed by atoms with Crippen LogP contribution in [0.5, 0.6) is 11.5 Å². The molecule has 0 bridgehead atoms. The van der Waals surface area contributed by atoms with E-state index in [1.165, 1.54) is 11.8 Å². The van der Waals surface area contributed by atoms with Crippen LogP contribution in [-0.2, 0) is 0 Å². The van der Waals surface area contributed by atoms with Crippen molar-refractivity contribution in [2.45, 2.75) is 12.1 Å². The molecule has 0 radical (unpaired) electrons. The molecule has 0 saturated heterocycles. The van der Waals surface area contributed by atoms with Crippen LogP contribution in [-0.4, -0.2) is 29.4 Å². The van der Waals surface area contributed by atoms with Gasteiger partial charge < -0.3 is 14.5 Å². The van der Waals surface area contributed by atoms with Gasteiger partial charge in [-0.05, 0) is 30.9 Å². The Bertz CT molecular complexity index is 839. The highest BCUT2D eigenvalue weighted by molar-refractivity contribution is 7.98. The minimum absolute atomic E-state index is 0.00224. The van der Waals surface area contributed by atoms with Gasteiger partial charge in [-0.25, -0.2) is 4.98 Å². The van der Waals surface area contributed by atoms with E-state index in [0.29, 0.717) is 41.1 Å². The third-order valence-electron chi connectivity index (χ3n) is 3.35. The molecule has 1 aliphatic rings. The summed E-state index contributed by atoms with van der Waals surface area (Å²) in [5, 5.41) is 9.75. The topological polar surface area (TPSA) is 88.0 Å². The average Bonchev–Trinajstić information content (AvgIpc) is 2.53. The van der Waals surface area contributed by atoms with Crippen molar-refractivity contribution in [1.29, 1.82) is 5.26 Å². The van der Waals surface area contributed by atoms with Gasteiger partial charge in [0.2, 0.25) is 0 Å². The second kappa shape index (κ2) is 5.73. The number of aromatic nitrogens is 2. The number of ether oxygens (including phenoxy) is 2. The molecular weight excluding hydrogens is 302 g/mol. The Kier molecular flexibility index (Phi) is 3.77. The fraction of sp³-hybridized carbons (Fsp3) is 0.267. The van der Waals surface area contributed by atoms with E-state index in [9.17, 15) is 10.1 Å². The van der Waals surface area contributed by atoms with Crippen LogP contribution in [0.15, 0.2) is 22.1 Å². The van der Waals surface area contributed by atoms with Gasteiger partial charge in [0.15, 0.2) is 16.7 Å². The van der Waals surface area contributed by atoms with Crippen LogP contribution in [0.1, 0.15) is 11.1 Å². The molecule has 0 unspecified atom stereocenters. The fourth-order valence-corrected chi connectivity index (χ4v) is 2.67. The Morgan fingerprint density at radius 2 is 2.00 bits per heavy atom.